The highest BCUT2D eigenvalue weighted by molar-refractivity contribution is 5.98. The van der Waals surface area contributed by atoms with Gasteiger partial charge in [0.1, 0.15) is 5.69 Å². The van der Waals surface area contributed by atoms with E-state index < -0.39 is 0 Å². The molecule has 3 heterocycles. The van der Waals surface area contributed by atoms with Crippen molar-refractivity contribution < 1.29 is 9.53 Å². The highest BCUT2D eigenvalue weighted by Crippen LogP contribution is 2.22. The van der Waals surface area contributed by atoms with Crippen LogP contribution < -0.4 is 5.32 Å². The summed E-state index contributed by atoms with van der Waals surface area (Å²) in [6.45, 7) is 3.47. The number of carbonyl (C=O) groups is 1. The Bertz CT molecular complexity index is 724. The monoisotopic (exact) mass is 313 g/mol. The molecule has 23 heavy (non-hydrogen) atoms. The average molecular weight is 313 g/mol. The lowest BCUT2D eigenvalue weighted by atomic mass is 10.2. The minimum absolute atomic E-state index is 0.0316. The number of hydrogen-bond donors (Lipinski definition) is 1. The van der Waals surface area contributed by atoms with E-state index in [4.69, 9.17) is 4.74 Å². The number of rotatable bonds is 3. The van der Waals surface area contributed by atoms with Crippen molar-refractivity contribution in [2.45, 2.75) is 25.0 Å². The Morgan fingerprint density at radius 3 is 3.13 bits per heavy atom. The molecule has 2 atom stereocenters. The predicted octanol–water partition coefficient (Wildman–Crippen LogP) is 1.77. The van der Waals surface area contributed by atoms with Crippen LogP contribution in [0.4, 0.5) is 0 Å². The number of carbonyl (C=O) groups excluding carboxylic acids is 1. The van der Waals surface area contributed by atoms with E-state index in [1.807, 2.05) is 41.9 Å². The lowest BCUT2D eigenvalue weighted by Crippen LogP contribution is -2.50. The van der Waals surface area contributed by atoms with Crippen molar-refractivity contribution in [3.8, 4) is 0 Å². The molecular formula is C18H23N3O2. The van der Waals surface area contributed by atoms with Gasteiger partial charge in [0.15, 0.2) is 0 Å². The Morgan fingerprint density at radius 2 is 2.26 bits per heavy atom. The van der Waals surface area contributed by atoms with Crippen molar-refractivity contribution in [2.24, 2.45) is 7.05 Å². The van der Waals surface area contributed by atoms with Crippen LogP contribution in [0.1, 0.15) is 23.3 Å². The Hall–Kier alpha value is -1.85. The normalized spacial score (nSPS) is 24.7. The molecule has 4 rings (SSSR count). The largest absolute Gasteiger partial charge is 0.373 e. The number of aryl methyl sites for hydroxylation is 1. The molecule has 5 heteroatoms. The Labute approximate surface area is 136 Å². The Morgan fingerprint density at radius 1 is 1.39 bits per heavy atom. The number of amides is 1. The molecule has 0 saturated carbocycles. The third-order valence-electron chi connectivity index (χ3n) is 5.14. The molecule has 2 unspecified atom stereocenters. The number of aromatic nitrogens is 1. The first-order valence-electron chi connectivity index (χ1n) is 8.40. The topological polar surface area (TPSA) is 46.5 Å². The number of nitrogens with zero attached hydrogens (tertiary/aromatic N) is 2. The Kier molecular flexibility index (Phi) is 3.83. The van der Waals surface area contributed by atoms with Crippen molar-refractivity contribution in [3.63, 3.8) is 0 Å². The van der Waals surface area contributed by atoms with Crippen molar-refractivity contribution in [1.29, 1.82) is 0 Å². The van der Waals surface area contributed by atoms with Crippen molar-refractivity contribution in [3.05, 3.63) is 36.0 Å². The van der Waals surface area contributed by atoms with Crippen LogP contribution in [0.25, 0.3) is 10.9 Å². The standard InChI is InChI=1S/C18H23N3O2/c1-20-16-7-3-2-5-13(16)9-17(20)18(22)19-10-15-11-21-8-4-6-14(21)12-23-15/h2-3,5,7,9,14-15H,4,6,8,10-12H2,1H3,(H,19,22). The number of benzene rings is 1. The summed E-state index contributed by atoms with van der Waals surface area (Å²) in [6.07, 6.45) is 2.61. The molecule has 1 N–H and O–H groups in total. The zero-order valence-corrected chi connectivity index (χ0v) is 13.5. The van der Waals surface area contributed by atoms with Gasteiger partial charge in [-0.05, 0) is 31.5 Å². The smallest absolute Gasteiger partial charge is 0.268 e. The fourth-order valence-corrected chi connectivity index (χ4v) is 3.81. The molecule has 5 nitrogen and oxygen atoms in total. The van der Waals surface area contributed by atoms with Crippen LogP contribution in [-0.2, 0) is 11.8 Å². The van der Waals surface area contributed by atoms with E-state index in [0.717, 1.165) is 24.1 Å². The fraction of sp³-hybridized carbons (Fsp3) is 0.500. The van der Waals surface area contributed by atoms with Crippen molar-refractivity contribution >= 4 is 16.8 Å². The fourth-order valence-electron chi connectivity index (χ4n) is 3.81. The number of ether oxygens (including phenoxy) is 1. The van der Waals surface area contributed by atoms with Gasteiger partial charge in [-0.2, -0.15) is 0 Å². The zero-order chi connectivity index (χ0) is 15.8. The number of nitrogens with one attached hydrogen (secondary N) is 1. The van der Waals surface area contributed by atoms with E-state index in [9.17, 15) is 4.79 Å². The second-order valence-corrected chi connectivity index (χ2v) is 6.60. The van der Waals surface area contributed by atoms with Crippen molar-refractivity contribution in [1.82, 2.24) is 14.8 Å². The van der Waals surface area contributed by atoms with Crippen LogP contribution in [-0.4, -0.2) is 53.8 Å². The molecule has 2 aliphatic heterocycles. The van der Waals surface area contributed by atoms with Crippen LogP contribution in [0.5, 0.6) is 0 Å². The molecule has 1 aromatic carbocycles. The number of fused-ring (bicyclic) bond motifs is 2. The van der Waals surface area contributed by atoms with Gasteiger partial charge in [0, 0.05) is 37.1 Å². The molecule has 0 radical (unpaired) electrons. The van der Waals surface area contributed by atoms with Crippen LogP contribution in [0, 0.1) is 0 Å². The van der Waals surface area contributed by atoms with E-state index in [1.54, 1.807) is 0 Å². The van der Waals surface area contributed by atoms with Crippen LogP contribution in [0.3, 0.4) is 0 Å². The number of para-hydroxylation sites is 1. The first kappa shape index (κ1) is 14.7. The summed E-state index contributed by atoms with van der Waals surface area (Å²) in [6, 6.07) is 10.6. The van der Waals surface area contributed by atoms with Gasteiger partial charge in [-0.25, -0.2) is 0 Å². The van der Waals surface area contributed by atoms with Gasteiger partial charge < -0.3 is 14.6 Å². The molecule has 1 aromatic heterocycles. The molecule has 0 bridgehead atoms. The molecule has 2 aliphatic rings. The summed E-state index contributed by atoms with van der Waals surface area (Å²) < 4.78 is 7.85. The molecule has 0 spiro atoms. The first-order valence-corrected chi connectivity index (χ1v) is 8.40. The van der Waals surface area contributed by atoms with E-state index in [0.29, 0.717) is 18.3 Å². The quantitative estimate of drug-likeness (QED) is 0.939. The van der Waals surface area contributed by atoms with Gasteiger partial charge in [-0.15, -0.1) is 0 Å². The zero-order valence-electron chi connectivity index (χ0n) is 13.5. The van der Waals surface area contributed by atoms with Gasteiger partial charge in [0.2, 0.25) is 0 Å². The van der Waals surface area contributed by atoms with Crippen LogP contribution in [0.15, 0.2) is 30.3 Å². The maximum absolute atomic E-state index is 12.5. The summed E-state index contributed by atoms with van der Waals surface area (Å²) >= 11 is 0. The molecule has 2 aromatic rings. The Balaban J connectivity index is 1.40. The minimum Gasteiger partial charge on any atom is -0.373 e. The minimum atomic E-state index is -0.0316. The van der Waals surface area contributed by atoms with Crippen LogP contribution in [0.2, 0.25) is 0 Å². The first-order chi connectivity index (χ1) is 11.2. The highest BCUT2D eigenvalue weighted by atomic mass is 16.5. The van der Waals surface area contributed by atoms with E-state index in [1.165, 1.54) is 19.4 Å². The molecular weight excluding hydrogens is 290 g/mol. The van der Waals surface area contributed by atoms with Gasteiger partial charge in [0.05, 0.1) is 12.7 Å². The van der Waals surface area contributed by atoms with Gasteiger partial charge >= 0.3 is 0 Å². The average Bonchev–Trinajstić information content (AvgIpc) is 3.17. The third-order valence-corrected chi connectivity index (χ3v) is 5.14. The summed E-state index contributed by atoms with van der Waals surface area (Å²) in [4.78, 5) is 15.0. The molecule has 0 aliphatic carbocycles. The third kappa shape index (κ3) is 2.75. The SMILES string of the molecule is Cn1c(C(=O)NCC2CN3CCCC3CO2)cc2ccccc21. The summed E-state index contributed by atoms with van der Waals surface area (Å²) in [7, 11) is 1.93. The molecule has 2 saturated heterocycles. The van der Waals surface area contributed by atoms with E-state index in [-0.39, 0.29) is 12.0 Å². The number of morpholine rings is 1. The van der Waals surface area contributed by atoms with Gasteiger partial charge in [-0.1, -0.05) is 18.2 Å². The van der Waals surface area contributed by atoms with E-state index >= 15 is 0 Å². The van der Waals surface area contributed by atoms with Crippen molar-refractivity contribution in [2.75, 3.05) is 26.2 Å². The molecule has 2 fully saturated rings. The lowest BCUT2D eigenvalue weighted by molar-refractivity contribution is -0.0462. The number of hydrogen-bond acceptors (Lipinski definition) is 3. The van der Waals surface area contributed by atoms with E-state index in [2.05, 4.69) is 10.2 Å². The summed E-state index contributed by atoms with van der Waals surface area (Å²) in [5.41, 5.74) is 1.77. The van der Waals surface area contributed by atoms with Gasteiger partial charge in [-0.3, -0.25) is 9.69 Å². The maximum atomic E-state index is 12.5. The summed E-state index contributed by atoms with van der Waals surface area (Å²) in [5.74, 6) is -0.0316. The second-order valence-electron chi connectivity index (χ2n) is 6.60. The molecule has 122 valence electrons. The van der Waals surface area contributed by atoms with Gasteiger partial charge in [0.25, 0.3) is 5.91 Å². The predicted molar refractivity (Wildman–Crippen MR) is 89.6 cm³/mol. The van der Waals surface area contributed by atoms with Crippen LogP contribution >= 0.6 is 0 Å². The summed E-state index contributed by atoms with van der Waals surface area (Å²) in [5, 5.41) is 4.13. The lowest BCUT2D eigenvalue weighted by Gasteiger charge is -2.35. The second kappa shape index (κ2) is 5.98. The maximum Gasteiger partial charge on any atom is 0.268 e. The highest BCUT2D eigenvalue weighted by Gasteiger charge is 2.32. The molecule has 1 amide bonds.